The summed E-state index contributed by atoms with van der Waals surface area (Å²) in [6, 6.07) is 5.05. The third kappa shape index (κ3) is 6.62. The second kappa shape index (κ2) is 11.1. The number of carbonyl (C=O) groups excluding carboxylic acids is 1. The normalized spacial score (nSPS) is 15.2. The Balaban J connectivity index is 1.82. The molecule has 0 aliphatic rings. The van der Waals surface area contributed by atoms with Crippen molar-refractivity contribution in [1.82, 2.24) is 20.1 Å². The van der Waals surface area contributed by atoms with Crippen LogP contribution >= 0.6 is 0 Å². The number of nitrogens with one attached hydrogen (secondary N) is 1. The van der Waals surface area contributed by atoms with Crippen molar-refractivity contribution < 1.29 is 41.7 Å². The maximum atomic E-state index is 14.7. The number of alkyl halides is 3. The molecule has 3 N–H and O–H groups in total. The quantitative estimate of drug-likeness (QED) is 0.267. The Morgan fingerprint density at radius 1 is 1.17 bits per heavy atom. The molecule has 13 heteroatoms. The fourth-order valence-corrected chi connectivity index (χ4v) is 3.59. The van der Waals surface area contributed by atoms with E-state index in [1.54, 1.807) is 0 Å². The maximum Gasteiger partial charge on any atom is 0.422 e. The molecule has 0 fully saturated rings. The van der Waals surface area contributed by atoms with Gasteiger partial charge < -0.3 is 14.9 Å². The smallest absolute Gasteiger partial charge is 0.422 e. The summed E-state index contributed by atoms with van der Waals surface area (Å²) >= 11 is 0. The zero-order valence-electron chi connectivity index (χ0n) is 18.9. The maximum absolute atomic E-state index is 14.7. The van der Waals surface area contributed by atoms with E-state index in [1.165, 1.54) is 48.5 Å². The average molecular weight is 514 g/mol. The first-order valence-electron chi connectivity index (χ1n) is 10.6. The van der Waals surface area contributed by atoms with E-state index in [0.717, 1.165) is 12.1 Å². The van der Waals surface area contributed by atoms with E-state index in [-0.39, 0.29) is 23.4 Å². The number of nitrogens with zero attached hydrogens (tertiary/aromatic N) is 3. The molecule has 0 spiro atoms. The number of aromatic nitrogens is 3. The van der Waals surface area contributed by atoms with E-state index < -0.39 is 54.5 Å². The first-order chi connectivity index (χ1) is 16.9. The van der Waals surface area contributed by atoms with Gasteiger partial charge >= 0.3 is 6.18 Å². The number of Topliss-reactive ketones (excluding diaryl/α,β-unsaturated/α-hetero) is 1. The molecule has 0 radical (unpaired) electrons. The van der Waals surface area contributed by atoms with Crippen LogP contribution < -0.4 is 10.1 Å². The molecule has 0 aliphatic heterocycles. The second-order valence-electron chi connectivity index (χ2n) is 8.06. The molecule has 36 heavy (non-hydrogen) atoms. The fraction of sp³-hybridized carbons (Fsp3) is 0.348. The Morgan fingerprint density at radius 3 is 2.42 bits per heavy atom. The monoisotopic (exact) mass is 514 g/mol. The van der Waals surface area contributed by atoms with Gasteiger partial charge in [-0.15, -0.1) is 0 Å². The number of carbonyl (C=O) groups is 1. The van der Waals surface area contributed by atoms with Crippen LogP contribution in [0, 0.1) is 11.6 Å². The molecule has 194 valence electrons. The molecule has 0 unspecified atom stereocenters. The lowest BCUT2D eigenvalue weighted by Crippen LogP contribution is -2.55. The van der Waals surface area contributed by atoms with Crippen LogP contribution in [0.15, 0.2) is 55.1 Å². The number of aliphatic hydroxyl groups excluding tert-OH is 1. The van der Waals surface area contributed by atoms with Gasteiger partial charge in [0.2, 0.25) is 0 Å². The van der Waals surface area contributed by atoms with Crippen molar-refractivity contribution in [3.63, 3.8) is 0 Å². The highest BCUT2D eigenvalue weighted by Crippen LogP contribution is 2.30. The van der Waals surface area contributed by atoms with Crippen LogP contribution in [0.2, 0.25) is 0 Å². The topological polar surface area (TPSA) is 110 Å². The molecule has 0 aliphatic carbocycles. The third-order valence-corrected chi connectivity index (χ3v) is 5.48. The van der Waals surface area contributed by atoms with Crippen molar-refractivity contribution in [2.45, 2.75) is 37.3 Å². The predicted molar refractivity (Wildman–Crippen MR) is 116 cm³/mol. The van der Waals surface area contributed by atoms with E-state index in [2.05, 4.69) is 20.1 Å². The second-order valence-corrected chi connectivity index (χ2v) is 8.06. The van der Waals surface area contributed by atoms with Gasteiger partial charge in [0.05, 0.1) is 19.2 Å². The number of rotatable bonds is 11. The molecule has 3 aromatic rings. The summed E-state index contributed by atoms with van der Waals surface area (Å²) in [4.78, 5) is 16.7. The van der Waals surface area contributed by atoms with Crippen molar-refractivity contribution in [2.75, 3.05) is 13.2 Å². The van der Waals surface area contributed by atoms with Crippen LogP contribution in [0.25, 0.3) is 0 Å². The van der Waals surface area contributed by atoms with Crippen molar-refractivity contribution in [3.05, 3.63) is 77.9 Å². The number of benzene rings is 2. The molecule has 3 rings (SSSR count). The highest BCUT2D eigenvalue weighted by molar-refractivity contribution is 6.00. The molecule has 0 amide bonds. The Labute approximate surface area is 202 Å². The predicted octanol–water partition coefficient (Wildman–Crippen LogP) is 2.61. The largest absolute Gasteiger partial charge is 0.484 e. The Morgan fingerprint density at radius 2 is 1.86 bits per heavy atom. The van der Waals surface area contributed by atoms with Crippen LogP contribution in [-0.4, -0.2) is 62.2 Å². The van der Waals surface area contributed by atoms with Crippen molar-refractivity contribution >= 4 is 5.78 Å². The SMILES string of the molecule is C[C@@H](N[C@H](CO)C(=O)c1ccc(OCC(F)(F)F)cc1)[C@](O)(Cn1cncn1)c1ccc(F)cc1F. The molecule has 0 bridgehead atoms. The van der Waals surface area contributed by atoms with E-state index in [1.807, 2.05) is 0 Å². The van der Waals surface area contributed by atoms with E-state index in [4.69, 9.17) is 0 Å². The summed E-state index contributed by atoms with van der Waals surface area (Å²) in [6.45, 7) is -1.12. The Hall–Kier alpha value is -3.42. The Kier molecular flexibility index (Phi) is 8.38. The molecule has 1 heterocycles. The van der Waals surface area contributed by atoms with E-state index in [9.17, 15) is 37.0 Å². The zero-order chi connectivity index (χ0) is 26.5. The highest BCUT2D eigenvalue weighted by atomic mass is 19.4. The molecule has 3 atom stereocenters. The van der Waals surface area contributed by atoms with Gasteiger partial charge in [-0.2, -0.15) is 18.3 Å². The minimum atomic E-state index is -4.52. The van der Waals surface area contributed by atoms with Crippen LogP contribution in [0.1, 0.15) is 22.8 Å². The summed E-state index contributed by atoms with van der Waals surface area (Å²) in [7, 11) is 0. The lowest BCUT2D eigenvalue weighted by Gasteiger charge is -2.37. The Bertz CT molecular complexity index is 1160. The van der Waals surface area contributed by atoms with Crippen LogP contribution in [0.5, 0.6) is 5.75 Å². The number of hydrogen-bond acceptors (Lipinski definition) is 7. The summed E-state index contributed by atoms with van der Waals surface area (Å²) < 4.78 is 71.0. The number of aliphatic hydroxyl groups is 2. The van der Waals surface area contributed by atoms with Gasteiger partial charge in [-0.05, 0) is 37.3 Å². The number of halogens is 5. The third-order valence-electron chi connectivity index (χ3n) is 5.48. The number of ketones is 1. The van der Waals surface area contributed by atoms with E-state index >= 15 is 0 Å². The van der Waals surface area contributed by atoms with Crippen LogP contribution in [-0.2, 0) is 12.1 Å². The number of ether oxygens (including phenoxy) is 1. The van der Waals surface area contributed by atoms with E-state index in [0.29, 0.717) is 6.07 Å². The van der Waals surface area contributed by atoms with Gasteiger partial charge in [-0.1, -0.05) is 6.07 Å². The first kappa shape index (κ1) is 27.2. The summed E-state index contributed by atoms with van der Waals surface area (Å²) in [5, 5.41) is 28.1. The van der Waals surface area contributed by atoms with Crippen molar-refractivity contribution in [1.29, 1.82) is 0 Å². The standard InChI is InChI=1S/C23H23F5N4O4/c1-14(22(35,10-32-13-29-12-30-32)18-7-4-16(24)8-19(18)25)31-20(9-33)21(34)15-2-5-17(6-3-15)36-11-23(26,27)28/h2-8,12-14,20,31,33,35H,9-11H2,1H3/t14-,20-,22-/m1/s1. The van der Waals surface area contributed by atoms with Gasteiger partial charge in [-0.25, -0.2) is 18.4 Å². The first-order valence-corrected chi connectivity index (χ1v) is 10.6. The van der Waals surface area contributed by atoms with Crippen molar-refractivity contribution in [3.8, 4) is 5.75 Å². The van der Waals surface area contributed by atoms with Gasteiger partial charge in [0.1, 0.15) is 35.6 Å². The minimum Gasteiger partial charge on any atom is -0.484 e. The molecule has 1 aromatic heterocycles. The van der Waals surface area contributed by atoms with Gasteiger partial charge in [-0.3, -0.25) is 10.1 Å². The number of hydrogen-bond donors (Lipinski definition) is 3. The molecular formula is C23H23F5N4O4. The summed E-state index contributed by atoms with van der Waals surface area (Å²) in [6.07, 6.45) is -2.05. The van der Waals surface area contributed by atoms with Crippen molar-refractivity contribution in [2.24, 2.45) is 0 Å². The van der Waals surface area contributed by atoms with Gasteiger partial charge in [0, 0.05) is 23.2 Å². The van der Waals surface area contributed by atoms with Crippen LogP contribution in [0.4, 0.5) is 22.0 Å². The summed E-state index contributed by atoms with van der Waals surface area (Å²) in [5.74, 6) is -2.65. The van der Waals surface area contributed by atoms with Crippen LogP contribution in [0.3, 0.4) is 0 Å². The molecule has 0 saturated heterocycles. The summed E-state index contributed by atoms with van der Waals surface area (Å²) in [5.41, 5.74) is -2.32. The van der Waals surface area contributed by atoms with Gasteiger partial charge in [0.15, 0.2) is 12.4 Å². The molecule has 8 nitrogen and oxygen atoms in total. The van der Waals surface area contributed by atoms with Gasteiger partial charge in [0.25, 0.3) is 0 Å². The lowest BCUT2D eigenvalue weighted by molar-refractivity contribution is -0.153. The zero-order valence-corrected chi connectivity index (χ0v) is 18.9. The molecule has 0 saturated carbocycles. The molecule has 2 aromatic carbocycles. The average Bonchev–Trinajstić information content (AvgIpc) is 3.33. The minimum absolute atomic E-state index is 0.0425. The lowest BCUT2D eigenvalue weighted by atomic mass is 9.85. The fourth-order valence-electron chi connectivity index (χ4n) is 3.59. The molecular weight excluding hydrogens is 491 g/mol. The highest BCUT2D eigenvalue weighted by Gasteiger charge is 2.41.